The highest BCUT2D eigenvalue weighted by atomic mass is 16.5. The summed E-state index contributed by atoms with van der Waals surface area (Å²) in [6, 6.07) is 9.49. The van der Waals surface area contributed by atoms with Crippen LogP contribution in [0.4, 0.5) is 0 Å². The van der Waals surface area contributed by atoms with Crippen molar-refractivity contribution in [2.75, 3.05) is 33.8 Å². The van der Waals surface area contributed by atoms with Crippen LogP contribution in [0.1, 0.15) is 36.9 Å². The molecule has 1 fully saturated rings. The number of methoxy groups -OCH3 is 1. The number of benzene rings is 1. The van der Waals surface area contributed by atoms with Crippen molar-refractivity contribution in [3.05, 3.63) is 35.4 Å². The molecule has 1 aliphatic rings. The molecule has 0 aliphatic carbocycles. The van der Waals surface area contributed by atoms with Crippen molar-refractivity contribution in [3.63, 3.8) is 0 Å². The normalized spacial score (nSPS) is 23.4. The summed E-state index contributed by atoms with van der Waals surface area (Å²) in [7, 11) is 3.99. The third-order valence-electron chi connectivity index (χ3n) is 4.24. The molecule has 3 heteroatoms. The summed E-state index contributed by atoms with van der Waals surface area (Å²) in [5.41, 5.74) is 2.69. The third kappa shape index (κ3) is 3.81. The van der Waals surface area contributed by atoms with Crippen molar-refractivity contribution in [1.29, 1.82) is 0 Å². The fourth-order valence-electron chi connectivity index (χ4n) is 3.21. The summed E-state index contributed by atoms with van der Waals surface area (Å²) in [4.78, 5) is 2.49. The van der Waals surface area contributed by atoms with Crippen molar-refractivity contribution >= 4 is 0 Å². The molecule has 1 aromatic carbocycles. The average Bonchev–Trinajstić information content (AvgIpc) is 2.82. The monoisotopic (exact) mass is 276 g/mol. The molecule has 1 heterocycles. The van der Waals surface area contributed by atoms with E-state index in [0.29, 0.717) is 12.6 Å². The molecule has 20 heavy (non-hydrogen) atoms. The Bertz CT molecular complexity index is 390. The van der Waals surface area contributed by atoms with Gasteiger partial charge in [0.2, 0.25) is 0 Å². The molecule has 3 nitrogen and oxygen atoms in total. The van der Waals surface area contributed by atoms with E-state index in [1.54, 1.807) is 7.11 Å². The maximum Gasteiger partial charge on any atom is 0.0713 e. The van der Waals surface area contributed by atoms with Gasteiger partial charge in [0.15, 0.2) is 0 Å². The molecule has 2 atom stereocenters. The molecule has 0 radical (unpaired) electrons. The first kappa shape index (κ1) is 15.5. The fourth-order valence-corrected chi connectivity index (χ4v) is 3.21. The number of nitrogens with zero attached hydrogens (tertiary/aromatic N) is 1. The quantitative estimate of drug-likeness (QED) is 0.775. The van der Waals surface area contributed by atoms with Gasteiger partial charge < -0.3 is 10.1 Å². The molecule has 2 rings (SSSR count). The van der Waals surface area contributed by atoms with E-state index >= 15 is 0 Å². The van der Waals surface area contributed by atoms with Crippen molar-refractivity contribution in [2.45, 2.75) is 32.4 Å². The molecular weight excluding hydrogens is 248 g/mol. The molecule has 0 saturated carbocycles. The highest BCUT2D eigenvalue weighted by molar-refractivity contribution is 5.26. The van der Waals surface area contributed by atoms with Gasteiger partial charge in [-0.05, 0) is 56.6 Å². The second-order valence-electron chi connectivity index (χ2n) is 5.85. The number of nitrogens with one attached hydrogen (secondary N) is 1. The predicted molar refractivity (Wildman–Crippen MR) is 83.8 cm³/mol. The summed E-state index contributed by atoms with van der Waals surface area (Å²) < 4.78 is 5.18. The maximum absolute atomic E-state index is 5.18. The smallest absolute Gasteiger partial charge is 0.0713 e. The van der Waals surface area contributed by atoms with Crippen LogP contribution in [0.15, 0.2) is 24.3 Å². The molecule has 1 saturated heterocycles. The Morgan fingerprint density at radius 3 is 2.70 bits per heavy atom. The van der Waals surface area contributed by atoms with Crippen LogP contribution >= 0.6 is 0 Å². The second kappa shape index (κ2) is 7.77. The van der Waals surface area contributed by atoms with Gasteiger partial charge in [-0.3, -0.25) is 4.90 Å². The molecule has 1 N–H and O–H groups in total. The summed E-state index contributed by atoms with van der Waals surface area (Å²) in [6.45, 7) is 6.37. The highest BCUT2D eigenvalue weighted by Crippen LogP contribution is 2.35. The van der Waals surface area contributed by atoms with E-state index in [4.69, 9.17) is 4.74 Å². The van der Waals surface area contributed by atoms with Crippen LogP contribution in [-0.2, 0) is 11.3 Å². The van der Waals surface area contributed by atoms with Crippen LogP contribution < -0.4 is 5.32 Å². The van der Waals surface area contributed by atoms with E-state index in [-0.39, 0.29) is 0 Å². The lowest BCUT2D eigenvalue weighted by atomic mass is 9.93. The lowest BCUT2D eigenvalue weighted by Crippen LogP contribution is -2.28. The largest absolute Gasteiger partial charge is 0.380 e. The van der Waals surface area contributed by atoms with Crippen molar-refractivity contribution in [2.24, 2.45) is 5.92 Å². The van der Waals surface area contributed by atoms with Crippen LogP contribution in [0.3, 0.4) is 0 Å². The summed E-state index contributed by atoms with van der Waals surface area (Å²) >= 11 is 0. The Morgan fingerprint density at radius 1 is 1.30 bits per heavy atom. The van der Waals surface area contributed by atoms with Crippen molar-refractivity contribution in [3.8, 4) is 0 Å². The first-order valence-electron chi connectivity index (χ1n) is 7.75. The molecule has 1 aromatic rings. The van der Waals surface area contributed by atoms with E-state index < -0.39 is 0 Å². The van der Waals surface area contributed by atoms with Crippen LogP contribution in [0.25, 0.3) is 0 Å². The Labute approximate surface area is 123 Å². The van der Waals surface area contributed by atoms with Crippen LogP contribution in [-0.4, -0.2) is 38.7 Å². The van der Waals surface area contributed by atoms with Gasteiger partial charge in [0.05, 0.1) is 6.61 Å². The number of ether oxygens (including phenoxy) is 1. The number of hydrogen-bond acceptors (Lipinski definition) is 3. The fraction of sp³-hybridized carbons (Fsp3) is 0.647. The van der Waals surface area contributed by atoms with E-state index in [1.807, 2.05) is 0 Å². The van der Waals surface area contributed by atoms with Gasteiger partial charge in [0, 0.05) is 13.2 Å². The van der Waals surface area contributed by atoms with Gasteiger partial charge in [0.1, 0.15) is 0 Å². The molecule has 112 valence electrons. The van der Waals surface area contributed by atoms with Crippen LogP contribution in [0.2, 0.25) is 0 Å². The zero-order chi connectivity index (χ0) is 14.4. The molecule has 0 spiro atoms. The van der Waals surface area contributed by atoms with Gasteiger partial charge >= 0.3 is 0 Å². The van der Waals surface area contributed by atoms with E-state index in [9.17, 15) is 0 Å². The molecule has 0 amide bonds. The third-order valence-corrected chi connectivity index (χ3v) is 4.24. The Balaban J connectivity index is 2.03. The standard InChI is InChI=1S/C17H28N2O/c1-4-10-18-12-16-9-11-19(2)17(16)15-7-5-14(6-8-15)13-20-3/h5-8,16-18H,4,9-13H2,1-3H3. The Kier molecular flexibility index (Phi) is 6.02. The molecule has 2 unspecified atom stereocenters. The summed E-state index contributed by atoms with van der Waals surface area (Å²) in [5, 5.41) is 3.58. The minimum absolute atomic E-state index is 0.552. The van der Waals surface area contributed by atoms with E-state index in [0.717, 1.165) is 19.0 Å². The maximum atomic E-state index is 5.18. The summed E-state index contributed by atoms with van der Waals surface area (Å²) in [6.07, 6.45) is 2.50. The SMILES string of the molecule is CCCNCC1CCN(C)C1c1ccc(COC)cc1. The number of likely N-dealkylation sites (tertiary alicyclic amines) is 1. The minimum atomic E-state index is 0.552. The topological polar surface area (TPSA) is 24.5 Å². The zero-order valence-electron chi connectivity index (χ0n) is 13.1. The first-order valence-corrected chi connectivity index (χ1v) is 7.75. The molecule has 1 aliphatic heterocycles. The van der Waals surface area contributed by atoms with Crippen molar-refractivity contribution in [1.82, 2.24) is 10.2 Å². The van der Waals surface area contributed by atoms with Crippen molar-refractivity contribution < 1.29 is 4.74 Å². The predicted octanol–water partition coefficient (Wildman–Crippen LogP) is 2.83. The zero-order valence-corrected chi connectivity index (χ0v) is 13.1. The highest BCUT2D eigenvalue weighted by Gasteiger charge is 2.32. The number of rotatable bonds is 7. The Hall–Kier alpha value is -0.900. The minimum Gasteiger partial charge on any atom is -0.380 e. The van der Waals surface area contributed by atoms with Gasteiger partial charge in [-0.15, -0.1) is 0 Å². The number of hydrogen-bond donors (Lipinski definition) is 1. The van der Waals surface area contributed by atoms with Crippen LogP contribution in [0, 0.1) is 5.92 Å². The molecule has 0 bridgehead atoms. The Morgan fingerprint density at radius 2 is 2.05 bits per heavy atom. The first-order chi connectivity index (χ1) is 9.76. The van der Waals surface area contributed by atoms with Gasteiger partial charge in [0.25, 0.3) is 0 Å². The molecule has 0 aromatic heterocycles. The van der Waals surface area contributed by atoms with Gasteiger partial charge in [-0.25, -0.2) is 0 Å². The average molecular weight is 276 g/mol. The van der Waals surface area contributed by atoms with Gasteiger partial charge in [-0.2, -0.15) is 0 Å². The second-order valence-corrected chi connectivity index (χ2v) is 5.85. The lowest BCUT2D eigenvalue weighted by molar-refractivity contribution is 0.185. The van der Waals surface area contributed by atoms with E-state index in [2.05, 4.69) is 48.5 Å². The lowest BCUT2D eigenvalue weighted by Gasteiger charge is -2.26. The molecular formula is C17H28N2O. The van der Waals surface area contributed by atoms with Crippen LogP contribution in [0.5, 0.6) is 0 Å². The van der Waals surface area contributed by atoms with E-state index in [1.165, 1.54) is 30.5 Å². The summed E-state index contributed by atoms with van der Waals surface area (Å²) in [5.74, 6) is 0.722. The van der Waals surface area contributed by atoms with Gasteiger partial charge in [-0.1, -0.05) is 31.2 Å².